The van der Waals surface area contributed by atoms with E-state index in [1.165, 1.54) is 18.6 Å². The van der Waals surface area contributed by atoms with E-state index in [-0.39, 0.29) is 11.6 Å². The van der Waals surface area contributed by atoms with Gasteiger partial charge in [0.2, 0.25) is 0 Å². The van der Waals surface area contributed by atoms with Crippen LogP contribution >= 0.6 is 0 Å². The third-order valence-electron chi connectivity index (χ3n) is 4.93. The zero-order chi connectivity index (χ0) is 17.2. The van der Waals surface area contributed by atoms with Gasteiger partial charge in [-0.1, -0.05) is 24.6 Å². The van der Waals surface area contributed by atoms with Gasteiger partial charge in [0.1, 0.15) is 5.82 Å². The average molecular weight is 336 g/mol. The molecule has 0 amide bonds. The Morgan fingerprint density at radius 3 is 2.48 bits per heavy atom. The van der Waals surface area contributed by atoms with Crippen LogP contribution in [-0.2, 0) is 0 Å². The molecule has 3 nitrogen and oxygen atoms in total. The second kappa shape index (κ2) is 6.81. The molecule has 0 bridgehead atoms. The molecule has 1 aromatic heterocycles. The molecule has 1 saturated heterocycles. The SMILES string of the molecule is O=C(CN1CCCCC1)c1c(-c2ccc(F)cc2)[nH]c2ccccc12. The maximum absolute atomic E-state index is 13.3. The third kappa shape index (κ3) is 3.22. The number of aromatic nitrogens is 1. The van der Waals surface area contributed by atoms with Gasteiger partial charge in [-0.2, -0.15) is 0 Å². The Hall–Kier alpha value is -2.46. The fourth-order valence-corrected chi connectivity index (χ4v) is 3.66. The Bertz CT molecular complexity index is 892. The number of halogens is 1. The van der Waals surface area contributed by atoms with Gasteiger partial charge in [0.05, 0.1) is 17.8 Å². The molecule has 3 aromatic rings. The molecule has 128 valence electrons. The Kier molecular flexibility index (Phi) is 4.36. The van der Waals surface area contributed by atoms with Crippen LogP contribution in [0.4, 0.5) is 4.39 Å². The van der Waals surface area contributed by atoms with Crippen molar-refractivity contribution in [2.75, 3.05) is 19.6 Å². The molecule has 0 unspecified atom stereocenters. The molecule has 25 heavy (non-hydrogen) atoms. The predicted octanol–water partition coefficient (Wildman–Crippen LogP) is 4.64. The Balaban J connectivity index is 1.76. The smallest absolute Gasteiger partial charge is 0.179 e. The number of nitrogens with zero attached hydrogens (tertiary/aromatic N) is 1. The fraction of sp³-hybridized carbons (Fsp3) is 0.286. The molecular formula is C21H21FN2O. The molecule has 1 aliphatic heterocycles. The van der Waals surface area contributed by atoms with E-state index in [4.69, 9.17) is 0 Å². The number of piperidine rings is 1. The van der Waals surface area contributed by atoms with Gasteiger partial charge in [0.25, 0.3) is 0 Å². The first-order valence-electron chi connectivity index (χ1n) is 8.84. The highest BCUT2D eigenvalue weighted by atomic mass is 19.1. The molecular weight excluding hydrogens is 315 g/mol. The second-order valence-electron chi connectivity index (χ2n) is 6.69. The van der Waals surface area contributed by atoms with Gasteiger partial charge < -0.3 is 4.98 Å². The summed E-state index contributed by atoms with van der Waals surface area (Å²) in [7, 11) is 0. The van der Waals surface area contributed by atoms with Crippen molar-refractivity contribution in [2.24, 2.45) is 0 Å². The molecule has 0 radical (unpaired) electrons. The normalized spacial score (nSPS) is 15.6. The number of ketones is 1. The maximum atomic E-state index is 13.3. The van der Waals surface area contributed by atoms with E-state index in [0.717, 1.165) is 48.1 Å². The zero-order valence-corrected chi connectivity index (χ0v) is 14.1. The summed E-state index contributed by atoms with van der Waals surface area (Å²) in [6.07, 6.45) is 3.57. The fourth-order valence-electron chi connectivity index (χ4n) is 3.66. The summed E-state index contributed by atoms with van der Waals surface area (Å²) in [5.41, 5.74) is 3.26. The van der Waals surface area contributed by atoms with Crippen molar-refractivity contribution in [3.63, 3.8) is 0 Å². The maximum Gasteiger partial charge on any atom is 0.179 e. The second-order valence-corrected chi connectivity index (χ2v) is 6.69. The lowest BCUT2D eigenvalue weighted by atomic mass is 10.0. The number of para-hydroxylation sites is 1. The number of hydrogen-bond acceptors (Lipinski definition) is 2. The number of likely N-dealkylation sites (tertiary alicyclic amines) is 1. The minimum Gasteiger partial charge on any atom is -0.354 e. The highest BCUT2D eigenvalue weighted by Gasteiger charge is 2.22. The number of carbonyl (C=O) groups excluding carboxylic acids is 1. The molecule has 0 saturated carbocycles. The van der Waals surface area contributed by atoms with Crippen LogP contribution < -0.4 is 0 Å². The molecule has 1 fully saturated rings. The van der Waals surface area contributed by atoms with E-state index in [9.17, 15) is 9.18 Å². The summed E-state index contributed by atoms with van der Waals surface area (Å²) >= 11 is 0. The van der Waals surface area contributed by atoms with Gasteiger partial charge in [-0.25, -0.2) is 4.39 Å². The highest BCUT2D eigenvalue weighted by Crippen LogP contribution is 2.31. The monoisotopic (exact) mass is 336 g/mol. The first kappa shape index (κ1) is 16.0. The molecule has 2 aromatic carbocycles. The van der Waals surface area contributed by atoms with E-state index >= 15 is 0 Å². The average Bonchev–Trinajstić information content (AvgIpc) is 3.03. The minimum absolute atomic E-state index is 0.124. The van der Waals surface area contributed by atoms with Crippen LogP contribution in [0.2, 0.25) is 0 Å². The molecule has 4 heteroatoms. The van der Waals surface area contributed by atoms with E-state index in [1.54, 1.807) is 12.1 Å². The van der Waals surface area contributed by atoms with Gasteiger partial charge in [-0.3, -0.25) is 9.69 Å². The van der Waals surface area contributed by atoms with E-state index in [1.807, 2.05) is 24.3 Å². The quantitative estimate of drug-likeness (QED) is 0.705. The first-order valence-corrected chi connectivity index (χ1v) is 8.84. The number of rotatable bonds is 4. The van der Waals surface area contributed by atoms with Crippen LogP contribution in [0.15, 0.2) is 48.5 Å². The molecule has 0 aliphatic carbocycles. The third-order valence-corrected chi connectivity index (χ3v) is 4.93. The Morgan fingerprint density at radius 2 is 1.72 bits per heavy atom. The summed E-state index contributed by atoms with van der Waals surface area (Å²) in [6, 6.07) is 14.1. The van der Waals surface area contributed by atoms with Crippen molar-refractivity contribution in [2.45, 2.75) is 19.3 Å². The summed E-state index contributed by atoms with van der Waals surface area (Å²) in [5.74, 6) is -0.153. The molecule has 1 N–H and O–H groups in total. The molecule has 4 rings (SSSR count). The first-order chi connectivity index (χ1) is 12.2. The number of carbonyl (C=O) groups is 1. The van der Waals surface area contributed by atoms with Gasteiger partial charge in [-0.15, -0.1) is 0 Å². The van der Waals surface area contributed by atoms with E-state index in [2.05, 4.69) is 9.88 Å². The van der Waals surface area contributed by atoms with Crippen molar-refractivity contribution in [3.05, 3.63) is 59.9 Å². The molecule has 0 spiro atoms. The largest absolute Gasteiger partial charge is 0.354 e. The van der Waals surface area contributed by atoms with Crippen LogP contribution in [0, 0.1) is 5.82 Å². The van der Waals surface area contributed by atoms with Gasteiger partial charge >= 0.3 is 0 Å². The summed E-state index contributed by atoms with van der Waals surface area (Å²) in [5, 5.41) is 0.934. The number of fused-ring (bicyclic) bond motifs is 1. The number of H-pyrrole nitrogens is 1. The lowest BCUT2D eigenvalue weighted by Crippen LogP contribution is -2.34. The number of nitrogens with one attached hydrogen (secondary N) is 1. The van der Waals surface area contributed by atoms with Crippen LogP contribution in [-0.4, -0.2) is 35.3 Å². The summed E-state index contributed by atoms with van der Waals surface area (Å²) in [4.78, 5) is 18.7. The predicted molar refractivity (Wildman–Crippen MR) is 98.3 cm³/mol. The molecule has 2 heterocycles. The van der Waals surface area contributed by atoms with Crippen LogP contribution in [0.25, 0.3) is 22.2 Å². The van der Waals surface area contributed by atoms with Gasteiger partial charge in [-0.05, 0) is 61.8 Å². The standard InChI is InChI=1S/C21H21FN2O/c22-16-10-8-15(9-11-16)21-20(17-6-2-3-7-18(17)23-21)19(25)14-24-12-4-1-5-13-24/h2-3,6-11,23H,1,4-5,12-14H2. The van der Waals surface area contributed by atoms with Crippen molar-refractivity contribution in [1.82, 2.24) is 9.88 Å². The summed E-state index contributed by atoms with van der Waals surface area (Å²) < 4.78 is 13.3. The summed E-state index contributed by atoms with van der Waals surface area (Å²) in [6.45, 7) is 2.41. The highest BCUT2D eigenvalue weighted by molar-refractivity contribution is 6.14. The lowest BCUT2D eigenvalue weighted by Gasteiger charge is -2.25. The Labute approximate surface area is 146 Å². The number of hydrogen-bond donors (Lipinski definition) is 1. The van der Waals surface area contributed by atoms with Crippen LogP contribution in [0.5, 0.6) is 0 Å². The number of Topliss-reactive ketones (excluding diaryl/α,β-unsaturated/α-hetero) is 1. The number of benzene rings is 2. The van der Waals surface area contributed by atoms with Gasteiger partial charge in [0, 0.05) is 10.9 Å². The van der Waals surface area contributed by atoms with Crippen LogP contribution in [0.3, 0.4) is 0 Å². The van der Waals surface area contributed by atoms with Crippen molar-refractivity contribution in [1.29, 1.82) is 0 Å². The van der Waals surface area contributed by atoms with Crippen molar-refractivity contribution >= 4 is 16.7 Å². The van der Waals surface area contributed by atoms with Crippen molar-refractivity contribution in [3.8, 4) is 11.3 Å². The zero-order valence-electron chi connectivity index (χ0n) is 14.1. The Morgan fingerprint density at radius 1 is 1.00 bits per heavy atom. The van der Waals surface area contributed by atoms with Crippen molar-refractivity contribution < 1.29 is 9.18 Å². The van der Waals surface area contributed by atoms with E-state index in [0.29, 0.717) is 12.1 Å². The van der Waals surface area contributed by atoms with E-state index < -0.39 is 0 Å². The van der Waals surface area contributed by atoms with Gasteiger partial charge in [0.15, 0.2) is 5.78 Å². The van der Waals surface area contributed by atoms with Crippen LogP contribution in [0.1, 0.15) is 29.6 Å². The number of aromatic amines is 1. The molecule has 1 aliphatic rings. The molecule has 0 atom stereocenters. The minimum atomic E-state index is -0.277. The topological polar surface area (TPSA) is 36.1 Å². The lowest BCUT2D eigenvalue weighted by molar-refractivity contribution is 0.0918.